The third kappa shape index (κ3) is 2.27. The van der Waals surface area contributed by atoms with Crippen molar-refractivity contribution in [1.29, 1.82) is 0 Å². The molecule has 0 unspecified atom stereocenters. The molecule has 2 nitrogen and oxygen atoms in total. The first-order chi connectivity index (χ1) is 8.39. The average Bonchev–Trinajstić information content (AvgIpc) is 2.27. The monoisotopic (exact) mass is 256 g/mol. The van der Waals surface area contributed by atoms with Gasteiger partial charge in [0.15, 0.2) is 0 Å². The number of nitrogens with zero attached hydrogens (tertiary/aromatic N) is 1. The van der Waals surface area contributed by atoms with E-state index in [1.807, 2.05) is 0 Å². The Bertz CT molecular complexity index is 579. The molecule has 1 aromatic heterocycles. The van der Waals surface area contributed by atoms with E-state index in [1.165, 1.54) is 24.5 Å². The highest BCUT2D eigenvalue weighted by atomic mass is 19.4. The maximum atomic E-state index is 13.4. The molecule has 1 aromatic carbocycles. The van der Waals surface area contributed by atoms with Crippen molar-refractivity contribution in [2.24, 2.45) is 0 Å². The Labute approximate surface area is 100 Å². The van der Waals surface area contributed by atoms with E-state index in [0.717, 1.165) is 6.07 Å². The molecule has 0 aliphatic carbocycles. The van der Waals surface area contributed by atoms with Crippen LogP contribution in [0.2, 0.25) is 0 Å². The van der Waals surface area contributed by atoms with Crippen molar-refractivity contribution in [3.05, 3.63) is 48.0 Å². The predicted molar refractivity (Wildman–Crippen MR) is 59.0 cm³/mol. The number of hydrogen-bond donors (Lipinski definition) is 1. The lowest BCUT2D eigenvalue weighted by Crippen LogP contribution is -2.08. The molecule has 0 radical (unpaired) electrons. The molecule has 2 N–H and O–H groups in total. The van der Waals surface area contributed by atoms with Crippen molar-refractivity contribution in [3.8, 4) is 11.1 Å². The van der Waals surface area contributed by atoms with E-state index in [1.54, 1.807) is 0 Å². The number of hydrogen-bond acceptors (Lipinski definition) is 2. The average molecular weight is 256 g/mol. The van der Waals surface area contributed by atoms with Gasteiger partial charge in [0, 0.05) is 23.6 Å². The molecule has 0 spiro atoms. The Kier molecular flexibility index (Phi) is 2.94. The molecule has 0 saturated carbocycles. The minimum Gasteiger partial charge on any atom is -0.398 e. The molecule has 94 valence electrons. The third-order valence-electron chi connectivity index (χ3n) is 2.44. The topological polar surface area (TPSA) is 38.9 Å². The number of nitrogens with two attached hydrogens (primary N) is 1. The molecule has 0 saturated heterocycles. The molecule has 0 fully saturated rings. The van der Waals surface area contributed by atoms with Gasteiger partial charge in [-0.3, -0.25) is 4.98 Å². The van der Waals surface area contributed by atoms with Crippen LogP contribution >= 0.6 is 0 Å². The van der Waals surface area contributed by atoms with Gasteiger partial charge < -0.3 is 5.73 Å². The minimum absolute atomic E-state index is 0.256. The molecule has 1 heterocycles. The van der Waals surface area contributed by atoms with Crippen molar-refractivity contribution in [1.82, 2.24) is 4.98 Å². The van der Waals surface area contributed by atoms with E-state index in [4.69, 9.17) is 5.73 Å². The molecule has 0 aliphatic heterocycles. The van der Waals surface area contributed by atoms with Gasteiger partial charge in [-0.05, 0) is 23.8 Å². The van der Waals surface area contributed by atoms with Gasteiger partial charge in [-0.1, -0.05) is 6.07 Å². The Morgan fingerprint density at radius 1 is 1.11 bits per heavy atom. The Balaban J connectivity index is 2.51. The number of pyridine rings is 1. The lowest BCUT2D eigenvalue weighted by molar-refractivity contribution is -0.139. The summed E-state index contributed by atoms with van der Waals surface area (Å²) in [4.78, 5) is 3.80. The van der Waals surface area contributed by atoms with Crippen molar-refractivity contribution in [3.63, 3.8) is 0 Å². The summed E-state index contributed by atoms with van der Waals surface area (Å²) in [5, 5.41) is 0. The molecule has 0 bridgehead atoms. The first-order valence-electron chi connectivity index (χ1n) is 4.96. The SMILES string of the molecule is Nc1ccncc1-c1ccc(C(F)(F)F)c(F)c1. The number of anilines is 1. The summed E-state index contributed by atoms with van der Waals surface area (Å²) in [6, 6.07) is 4.15. The second-order valence-corrected chi connectivity index (χ2v) is 3.66. The summed E-state index contributed by atoms with van der Waals surface area (Å²) >= 11 is 0. The molecular formula is C12H8F4N2. The number of aromatic nitrogens is 1. The summed E-state index contributed by atoms with van der Waals surface area (Å²) < 4.78 is 50.5. The van der Waals surface area contributed by atoms with Crippen LogP contribution in [0.3, 0.4) is 0 Å². The van der Waals surface area contributed by atoms with Crippen LogP contribution in [0.25, 0.3) is 11.1 Å². The largest absolute Gasteiger partial charge is 0.419 e. The van der Waals surface area contributed by atoms with Gasteiger partial charge in [0.05, 0.1) is 5.56 Å². The second-order valence-electron chi connectivity index (χ2n) is 3.66. The zero-order valence-electron chi connectivity index (χ0n) is 9.00. The number of rotatable bonds is 1. The molecular weight excluding hydrogens is 248 g/mol. The van der Waals surface area contributed by atoms with Gasteiger partial charge in [-0.2, -0.15) is 13.2 Å². The maximum absolute atomic E-state index is 13.4. The minimum atomic E-state index is -4.71. The van der Waals surface area contributed by atoms with Crippen LogP contribution in [0.15, 0.2) is 36.7 Å². The molecule has 2 rings (SSSR count). The summed E-state index contributed by atoms with van der Waals surface area (Å²) in [6.45, 7) is 0. The van der Waals surface area contributed by atoms with E-state index < -0.39 is 17.6 Å². The lowest BCUT2D eigenvalue weighted by atomic mass is 10.0. The fraction of sp³-hybridized carbons (Fsp3) is 0.0833. The summed E-state index contributed by atoms with van der Waals surface area (Å²) in [7, 11) is 0. The Morgan fingerprint density at radius 2 is 1.83 bits per heavy atom. The van der Waals surface area contributed by atoms with E-state index in [9.17, 15) is 17.6 Å². The molecule has 18 heavy (non-hydrogen) atoms. The molecule has 0 amide bonds. The Morgan fingerprint density at radius 3 is 2.39 bits per heavy atom. The number of halogens is 4. The molecule has 2 aromatic rings. The van der Waals surface area contributed by atoms with Gasteiger partial charge in [0.25, 0.3) is 0 Å². The van der Waals surface area contributed by atoms with Gasteiger partial charge in [-0.15, -0.1) is 0 Å². The number of nitrogen functional groups attached to an aromatic ring is 1. The smallest absolute Gasteiger partial charge is 0.398 e. The maximum Gasteiger partial charge on any atom is 0.419 e. The first kappa shape index (κ1) is 12.3. The zero-order valence-corrected chi connectivity index (χ0v) is 9.00. The predicted octanol–water partition coefficient (Wildman–Crippen LogP) is 3.49. The highest BCUT2D eigenvalue weighted by Gasteiger charge is 2.33. The van der Waals surface area contributed by atoms with Crippen LogP contribution in [0.5, 0.6) is 0 Å². The second kappa shape index (κ2) is 4.29. The van der Waals surface area contributed by atoms with Crippen LogP contribution in [0.1, 0.15) is 5.56 Å². The standard InChI is InChI=1S/C12H8F4N2/c13-10-5-7(1-2-9(10)12(14,15)16)8-6-18-4-3-11(8)17/h1-6H,(H2,17,18). The highest BCUT2D eigenvalue weighted by molar-refractivity contribution is 5.75. The number of alkyl halides is 3. The summed E-state index contributed by atoms with van der Waals surface area (Å²) in [5.74, 6) is -1.33. The van der Waals surface area contributed by atoms with Crippen LogP contribution in [0, 0.1) is 5.82 Å². The quantitative estimate of drug-likeness (QED) is 0.793. The van der Waals surface area contributed by atoms with E-state index >= 15 is 0 Å². The molecule has 6 heteroatoms. The highest BCUT2D eigenvalue weighted by Crippen LogP contribution is 2.34. The Hall–Kier alpha value is -2.11. The van der Waals surface area contributed by atoms with E-state index in [2.05, 4.69) is 4.98 Å². The van der Waals surface area contributed by atoms with Crippen LogP contribution in [0.4, 0.5) is 23.2 Å². The fourth-order valence-corrected chi connectivity index (χ4v) is 1.56. The normalized spacial score (nSPS) is 11.6. The molecule has 0 atom stereocenters. The van der Waals surface area contributed by atoms with Crippen molar-refractivity contribution in [2.45, 2.75) is 6.18 Å². The number of benzene rings is 1. The first-order valence-corrected chi connectivity index (χ1v) is 4.96. The summed E-state index contributed by atoms with van der Waals surface area (Å²) in [5.41, 5.74) is 5.32. The third-order valence-corrected chi connectivity index (χ3v) is 2.44. The van der Waals surface area contributed by atoms with Crippen molar-refractivity contribution < 1.29 is 17.6 Å². The van der Waals surface area contributed by atoms with Gasteiger partial charge >= 0.3 is 6.18 Å². The summed E-state index contributed by atoms with van der Waals surface area (Å²) in [6.07, 6.45) is -1.89. The van der Waals surface area contributed by atoms with Crippen LogP contribution in [-0.4, -0.2) is 4.98 Å². The fourth-order valence-electron chi connectivity index (χ4n) is 1.56. The van der Waals surface area contributed by atoms with Crippen LogP contribution in [-0.2, 0) is 6.18 Å². The van der Waals surface area contributed by atoms with Crippen molar-refractivity contribution >= 4 is 5.69 Å². The van der Waals surface area contributed by atoms with Crippen LogP contribution < -0.4 is 5.73 Å². The van der Waals surface area contributed by atoms with E-state index in [0.29, 0.717) is 17.3 Å². The van der Waals surface area contributed by atoms with Gasteiger partial charge in [-0.25, -0.2) is 4.39 Å². The molecule has 0 aliphatic rings. The zero-order chi connectivity index (χ0) is 13.3. The van der Waals surface area contributed by atoms with Gasteiger partial charge in [0.2, 0.25) is 0 Å². The lowest BCUT2D eigenvalue weighted by Gasteiger charge is -2.10. The van der Waals surface area contributed by atoms with E-state index in [-0.39, 0.29) is 5.56 Å². The van der Waals surface area contributed by atoms with Gasteiger partial charge in [0.1, 0.15) is 5.82 Å². The van der Waals surface area contributed by atoms with Crippen molar-refractivity contribution in [2.75, 3.05) is 5.73 Å².